The van der Waals surface area contributed by atoms with Gasteiger partial charge in [0, 0.05) is 12.6 Å². The molecular weight excluding hydrogens is 148 g/mol. The fourth-order valence-corrected chi connectivity index (χ4v) is 1.12. The predicted molar refractivity (Wildman–Crippen MR) is 53.8 cm³/mol. The minimum absolute atomic E-state index is 0.422. The molecule has 0 aromatic heterocycles. The van der Waals surface area contributed by atoms with Crippen LogP contribution in [0.3, 0.4) is 0 Å². The quantitative estimate of drug-likeness (QED) is 0.600. The standard InChI is InChI=1S/C10H20N2/c1-4-5-6-12-10(8-11)7-9(2)3/h9-10,12H,6-8,11H2,1-3H3. The molecule has 0 fully saturated rings. The maximum Gasteiger partial charge on any atom is 0.0578 e. The molecule has 0 aromatic carbocycles. The van der Waals surface area contributed by atoms with E-state index in [9.17, 15) is 0 Å². The summed E-state index contributed by atoms with van der Waals surface area (Å²) in [6.07, 6.45) is 1.13. The first kappa shape index (κ1) is 11.5. The summed E-state index contributed by atoms with van der Waals surface area (Å²) < 4.78 is 0. The SMILES string of the molecule is CC#CCNC(CN)CC(C)C. The molecule has 0 bridgehead atoms. The Bertz CT molecular complexity index is 153. The maximum atomic E-state index is 5.59. The minimum Gasteiger partial charge on any atom is -0.329 e. The summed E-state index contributed by atoms with van der Waals surface area (Å²) in [6, 6.07) is 0.422. The molecule has 0 amide bonds. The molecular formula is C10H20N2. The zero-order valence-electron chi connectivity index (χ0n) is 8.35. The molecule has 12 heavy (non-hydrogen) atoms. The fourth-order valence-electron chi connectivity index (χ4n) is 1.12. The van der Waals surface area contributed by atoms with E-state index in [1.54, 1.807) is 0 Å². The molecule has 0 saturated carbocycles. The molecule has 0 spiro atoms. The molecule has 1 atom stereocenters. The Balaban J connectivity index is 3.57. The summed E-state index contributed by atoms with van der Waals surface area (Å²) in [7, 11) is 0. The molecule has 0 aromatic rings. The Morgan fingerprint density at radius 2 is 2.08 bits per heavy atom. The number of nitrogens with two attached hydrogens (primary N) is 1. The highest BCUT2D eigenvalue weighted by atomic mass is 14.9. The molecule has 0 radical (unpaired) electrons. The molecule has 0 aliphatic rings. The van der Waals surface area contributed by atoms with Crippen LogP contribution in [0.1, 0.15) is 27.2 Å². The molecule has 2 heteroatoms. The van der Waals surface area contributed by atoms with Gasteiger partial charge in [0.25, 0.3) is 0 Å². The van der Waals surface area contributed by atoms with Crippen LogP contribution >= 0.6 is 0 Å². The smallest absolute Gasteiger partial charge is 0.0578 e. The van der Waals surface area contributed by atoms with Crippen LogP contribution in [0.4, 0.5) is 0 Å². The van der Waals surface area contributed by atoms with Gasteiger partial charge in [-0.2, -0.15) is 0 Å². The molecule has 2 nitrogen and oxygen atoms in total. The fraction of sp³-hybridized carbons (Fsp3) is 0.800. The zero-order valence-corrected chi connectivity index (χ0v) is 8.35. The Morgan fingerprint density at radius 1 is 1.42 bits per heavy atom. The molecule has 0 aliphatic heterocycles. The van der Waals surface area contributed by atoms with Gasteiger partial charge in [0.15, 0.2) is 0 Å². The topological polar surface area (TPSA) is 38.0 Å². The molecule has 1 unspecified atom stereocenters. The van der Waals surface area contributed by atoms with E-state index in [1.165, 1.54) is 0 Å². The Labute approximate surface area is 75.9 Å². The van der Waals surface area contributed by atoms with Crippen molar-refractivity contribution in [3.8, 4) is 11.8 Å². The lowest BCUT2D eigenvalue weighted by atomic mass is 10.0. The second-order valence-corrected chi connectivity index (χ2v) is 3.37. The van der Waals surface area contributed by atoms with Crippen LogP contribution in [-0.2, 0) is 0 Å². The Kier molecular flexibility index (Phi) is 6.84. The third kappa shape index (κ3) is 6.21. The van der Waals surface area contributed by atoms with Crippen molar-refractivity contribution in [1.82, 2.24) is 5.32 Å². The van der Waals surface area contributed by atoms with Gasteiger partial charge in [-0.1, -0.05) is 19.8 Å². The first-order valence-corrected chi connectivity index (χ1v) is 4.53. The second kappa shape index (κ2) is 7.15. The van der Waals surface area contributed by atoms with Crippen molar-refractivity contribution >= 4 is 0 Å². The summed E-state index contributed by atoms with van der Waals surface area (Å²) >= 11 is 0. The minimum atomic E-state index is 0.422. The third-order valence-electron chi connectivity index (χ3n) is 1.70. The average molecular weight is 168 g/mol. The van der Waals surface area contributed by atoms with Gasteiger partial charge in [-0.15, -0.1) is 5.92 Å². The van der Waals surface area contributed by atoms with Gasteiger partial charge in [-0.05, 0) is 19.3 Å². The van der Waals surface area contributed by atoms with Gasteiger partial charge >= 0.3 is 0 Å². The molecule has 70 valence electrons. The van der Waals surface area contributed by atoms with Crippen LogP contribution in [0.2, 0.25) is 0 Å². The number of hydrogen-bond donors (Lipinski definition) is 2. The summed E-state index contributed by atoms with van der Waals surface area (Å²) in [4.78, 5) is 0. The molecule has 0 heterocycles. The first-order valence-electron chi connectivity index (χ1n) is 4.53. The Hall–Kier alpha value is -0.520. The van der Waals surface area contributed by atoms with Crippen LogP contribution in [0.25, 0.3) is 0 Å². The van der Waals surface area contributed by atoms with E-state index in [2.05, 4.69) is 31.0 Å². The van der Waals surface area contributed by atoms with E-state index in [1.807, 2.05) is 6.92 Å². The van der Waals surface area contributed by atoms with Crippen molar-refractivity contribution in [3.05, 3.63) is 0 Å². The van der Waals surface area contributed by atoms with Crippen LogP contribution in [0.5, 0.6) is 0 Å². The lowest BCUT2D eigenvalue weighted by molar-refractivity contribution is 0.440. The zero-order chi connectivity index (χ0) is 9.40. The van der Waals surface area contributed by atoms with E-state index < -0.39 is 0 Å². The van der Waals surface area contributed by atoms with Gasteiger partial charge in [-0.25, -0.2) is 0 Å². The van der Waals surface area contributed by atoms with Gasteiger partial charge in [0.05, 0.1) is 6.54 Å². The van der Waals surface area contributed by atoms with E-state index in [0.717, 1.165) is 13.0 Å². The summed E-state index contributed by atoms with van der Waals surface area (Å²) in [5.41, 5.74) is 5.59. The number of rotatable bonds is 5. The van der Waals surface area contributed by atoms with E-state index in [0.29, 0.717) is 18.5 Å². The van der Waals surface area contributed by atoms with Crippen LogP contribution in [-0.4, -0.2) is 19.1 Å². The van der Waals surface area contributed by atoms with E-state index >= 15 is 0 Å². The highest BCUT2D eigenvalue weighted by molar-refractivity contribution is 4.97. The lowest BCUT2D eigenvalue weighted by Gasteiger charge is -2.16. The van der Waals surface area contributed by atoms with Gasteiger partial charge in [0.1, 0.15) is 0 Å². The summed E-state index contributed by atoms with van der Waals surface area (Å²) in [6.45, 7) is 7.71. The van der Waals surface area contributed by atoms with Gasteiger partial charge in [0.2, 0.25) is 0 Å². The van der Waals surface area contributed by atoms with Crippen LogP contribution < -0.4 is 11.1 Å². The van der Waals surface area contributed by atoms with Crippen LogP contribution in [0.15, 0.2) is 0 Å². The van der Waals surface area contributed by atoms with Gasteiger partial charge in [-0.3, -0.25) is 0 Å². The Morgan fingerprint density at radius 3 is 2.50 bits per heavy atom. The van der Waals surface area contributed by atoms with Crippen molar-refractivity contribution < 1.29 is 0 Å². The molecule has 3 N–H and O–H groups in total. The van der Waals surface area contributed by atoms with Crippen molar-refractivity contribution in [2.24, 2.45) is 11.7 Å². The first-order chi connectivity index (χ1) is 5.70. The number of nitrogens with one attached hydrogen (secondary N) is 1. The predicted octanol–water partition coefficient (Wildman–Crippen LogP) is 0.973. The van der Waals surface area contributed by atoms with Crippen molar-refractivity contribution in [2.75, 3.05) is 13.1 Å². The van der Waals surface area contributed by atoms with Gasteiger partial charge < -0.3 is 11.1 Å². The molecule has 0 rings (SSSR count). The van der Waals surface area contributed by atoms with E-state index in [-0.39, 0.29) is 0 Å². The number of hydrogen-bond acceptors (Lipinski definition) is 2. The summed E-state index contributed by atoms with van der Waals surface area (Å²) in [5.74, 6) is 6.51. The normalized spacial score (nSPS) is 12.4. The highest BCUT2D eigenvalue weighted by Gasteiger charge is 2.06. The molecule has 0 aliphatic carbocycles. The molecule has 0 saturated heterocycles. The summed E-state index contributed by atoms with van der Waals surface area (Å²) in [5, 5.41) is 3.30. The average Bonchev–Trinajstić information content (AvgIpc) is 2.02. The maximum absolute atomic E-state index is 5.59. The highest BCUT2D eigenvalue weighted by Crippen LogP contribution is 2.02. The van der Waals surface area contributed by atoms with Crippen molar-refractivity contribution in [3.63, 3.8) is 0 Å². The second-order valence-electron chi connectivity index (χ2n) is 3.37. The van der Waals surface area contributed by atoms with Crippen molar-refractivity contribution in [2.45, 2.75) is 33.2 Å². The largest absolute Gasteiger partial charge is 0.329 e. The van der Waals surface area contributed by atoms with Crippen LogP contribution in [0, 0.1) is 17.8 Å². The third-order valence-corrected chi connectivity index (χ3v) is 1.70. The van der Waals surface area contributed by atoms with E-state index in [4.69, 9.17) is 5.73 Å². The monoisotopic (exact) mass is 168 g/mol. The van der Waals surface area contributed by atoms with Crippen molar-refractivity contribution in [1.29, 1.82) is 0 Å². The lowest BCUT2D eigenvalue weighted by Crippen LogP contribution is -2.37.